The van der Waals surface area contributed by atoms with Crippen molar-refractivity contribution in [3.8, 4) is 0 Å². The molecule has 0 aromatic carbocycles. The van der Waals surface area contributed by atoms with E-state index in [1.54, 1.807) is 0 Å². The van der Waals surface area contributed by atoms with Crippen molar-refractivity contribution >= 4 is 17.7 Å². The molecule has 2 unspecified atom stereocenters. The molecule has 3 nitrogen and oxygen atoms in total. The Hall–Kier alpha value is -0.220. The molecule has 1 N–H and O–H groups in total. The third-order valence-electron chi connectivity index (χ3n) is 3.88. The van der Waals surface area contributed by atoms with Gasteiger partial charge in [0.2, 0.25) is 0 Å². The molecule has 0 aromatic heterocycles. The highest BCUT2D eigenvalue weighted by Gasteiger charge is 2.52. The lowest BCUT2D eigenvalue weighted by Gasteiger charge is -2.35. The maximum absolute atomic E-state index is 12.3. The van der Waals surface area contributed by atoms with Gasteiger partial charge in [-0.05, 0) is 38.5 Å². The molecule has 4 heteroatoms. The molecule has 1 saturated carbocycles. The Labute approximate surface area is 122 Å². The summed E-state index contributed by atoms with van der Waals surface area (Å²) in [7, 11) is 1.50. The number of thioether (sulfide) groups is 1. The van der Waals surface area contributed by atoms with Crippen LogP contribution in [0.4, 0.5) is 0 Å². The molecule has 1 rings (SSSR count). The maximum Gasteiger partial charge on any atom is 0.327 e. The van der Waals surface area contributed by atoms with Crippen LogP contribution in [0.5, 0.6) is 0 Å². The number of nitrogens with one attached hydrogen (secondary N) is 1. The number of hydrogen-bond acceptors (Lipinski definition) is 4. The van der Waals surface area contributed by atoms with Crippen molar-refractivity contribution < 1.29 is 9.53 Å². The molecule has 0 aliphatic heterocycles. The van der Waals surface area contributed by atoms with E-state index in [9.17, 15) is 4.79 Å². The number of esters is 1. The van der Waals surface area contributed by atoms with Gasteiger partial charge in [0.05, 0.1) is 7.11 Å². The molecule has 1 fully saturated rings. The lowest BCUT2D eigenvalue weighted by Crippen LogP contribution is -2.59. The molecular weight excluding hydrogens is 258 g/mol. The Morgan fingerprint density at radius 3 is 2.26 bits per heavy atom. The summed E-state index contributed by atoms with van der Waals surface area (Å²) in [6.45, 7) is 10.9. The van der Waals surface area contributed by atoms with Crippen LogP contribution >= 0.6 is 11.8 Å². The van der Waals surface area contributed by atoms with Crippen molar-refractivity contribution in [1.29, 1.82) is 0 Å². The first-order valence-electron chi connectivity index (χ1n) is 7.31. The van der Waals surface area contributed by atoms with Crippen LogP contribution in [0.2, 0.25) is 0 Å². The summed E-state index contributed by atoms with van der Waals surface area (Å²) < 4.78 is 5.10. The van der Waals surface area contributed by atoms with Crippen molar-refractivity contribution in [3.05, 3.63) is 0 Å². The summed E-state index contributed by atoms with van der Waals surface area (Å²) >= 11 is 1.88. The summed E-state index contributed by atoms with van der Waals surface area (Å²) in [6.07, 6.45) is 2.26. The van der Waals surface area contributed by atoms with Gasteiger partial charge in [0.1, 0.15) is 5.54 Å². The summed E-state index contributed by atoms with van der Waals surface area (Å²) in [5.74, 6) is 1.78. The average molecular weight is 287 g/mol. The van der Waals surface area contributed by atoms with Gasteiger partial charge in [-0.1, -0.05) is 20.8 Å². The molecule has 0 heterocycles. The summed E-state index contributed by atoms with van der Waals surface area (Å²) in [5, 5.41) is 4.06. The molecule has 0 amide bonds. The highest BCUT2D eigenvalue weighted by Crippen LogP contribution is 2.43. The first-order chi connectivity index (χ1) is 8.83. The highest BCUT2D eigenvalue weighted by atomic mass is 32.2. The minimum absolute atomic E-state index is 0.0906. The summed E-state index contributed by atoms with van der Waals surface area (Å²) in [4.78, 5) is 12.3. The molecule has 1 aliphatic rings. The van der Waals surface area contributed by atoms with Crippen LogP contribution in [0.15, 0.2) is 0 Å². The number of methoxy groups -OCH3 is 1. The Bertz CT molecular complexity index is 303. The second kappa shape index (κ2) is 6.98. The number of carbonyl (C=O) groups is 1. The van der Waals surface area contributed by atoms with Crippen molar-refractivity contribution in [1.82, 2.24) is 5.32 Å². The first kappa shape index (κ1) is 16.8. The SMILES string of the molecule is COC(=O)C(CSC(C)C(C)C)(NC(C)C)C1CC1. The zero-order valence-electron chi connectivity index (χ0n) is 13.2. The van der Waals surface area contributed by atoms with E-state index in [1.807, 2.05) is 11.8 Å². The van der Waals surface area contributed by atoms with Gasteiger partial charge in [0, 0.05) is 17.0 Å². The minimum Gasteiger partial charge on any atom is -0.468 e. The smallest absolute Gasteiger partial charge is 0.327 e. The summed E-state index contributed by atoms with van der Waals surface area (Å²) in [6, 6.07) is 0.287. The van der Waals surface area contributed by atoms with Gasteiger partial charge >= 0.3 is 5.97 Å². The van der Waals surface area contributed by atoms with E-state index >= 15 is 0 Å². The number of ether oxygens (including phenoxy) is 1. The van der Waals surface area contributed by atoms with E-state index in [0.29, 0.717) is 17.1 Å². The van der Waals surface area contributed by atoms with Crippen LogP contribution in [0.25, 0.3) is 0 Å². The fourth-order valence-electron chi connectivity index (χ4n) is 2.29. The standard InChI is InChI=1S/C15H29NO2S/c1-10(2)12(5)19-9-15(13-7-8-13,14(17)18-6)16-11(3)4/h10-13,16H,7-9H2,1-6H3. The van der Waals surface area contributed by atoms with Crippen LogP contribution in [0.3, 0.4) is 0 Å². The van der Waals surface area contributed by atoms with E-state index in [2.05, 4.69) is 39.9 Å². The molecule has 0 saturated heterocycles. The molecule has 112 valence electrons. The topological polar surface area (TPSA) is 38.3 Å². The number of rotatable bonds is 8. The second-order valence-electron chi connectivity index (χ2n) is 6.30. The lowest BCUT2D eigenvalue weighted by atomic mass is 9.94. The van der Waals surface area contributed by atoms with E-state index in [0.717, 1.165) is 18.6 Å². The van der Waals surface area contributed by atoms with Gasteiger partial charge in [-0.3, -0.25) is 10.1 Å². The number of hydrogen-bond donors (Lipinski definition) is 1. The van der Waals surface area contributed by atoms with E-state index in [4.69, 9.17) is 4.74 Å². The zero-order chi connectivity index (χ0) is 14.6. The lowest BCUT2D eigenvalue weighted by molar-refractivity contribution is -0.149. The third kappa shape index (κ3) is 4.38. The van der Waals surface area contributed by atoms with Crippen LogP contribution < -0.4 is 5.32 Å². The van der Waals surface area contributed by atoms with Crippen LogP contribution in [-0.4, -0.2) is 35.7 Å². The zero-order valence-corrected chi connectivity index (χ0v) is 14.0. The van der Waals surface area contributed by atoms with Crippen molar-refractivity contribution in [2.75, 3.05) is 12.9 Å². The third-order valence-corrected chi connectivity index (χ3v) is 5.58. The molecule has 1 aliphatic carbocycles. The fraction of sp³-hybridized carbons (Fsp3) is 0.933. The van der Waals surface area contributed by atoms with Crippen LogP contribution in [-0.2, 0) is 9.53 Å². The van der Waals surface area contributed by atoms with Crippen molar-refractivity contribution in [2.24, 2.45) is 11.8 Å². The molecule has 0 bridgehead atoms. The monoisotopic (exact) mass is 287 g/mol. The second-order valence-corrected chi connectivity index (χ2v) is 7.66. The normalized spacial score (nSPS) is 20.4. The van der Waals surface area contributed by atoms with Gasteiger partial charge in [0.25, 0.3) is 0 Å². The number of carbonyl (C=O) groups excluding carboxylic acids is 1. The van der Waals surface area contributed by atoms with Crippen LogP contribution in [0.1, 0.15) is 47.5 Å². The van der Waals surface area contributed by atoms with Crippen molar-refractivity contribution in [3.63, 3.8) is 0 Å². The van der Waals surface area contributed by atoms with Gasteiger partial charge in [0.15, 0.2) is 0 Å². The Balaban J connectivity index is 2.80. The van der Waals surface area contributed by atoms with Gasteiger partial charge in [-0.2, -0.15) is 11.8 Å². The highest BCUT2D eigenvalue weighted by molar-refractivity contribution is 8.00. The largest absolute Gasteiger partial charge is 0.468 e. The Morgan fingerprint density at radius 1 is 1.32 bits per heavy atom. The average Bonchev–Trinajstić information content (AvgIpc) is 3.16. The molecule has 0 spiro atoms. The molecule has 2 atom stereocenters. The van der Waals surface area contributed by atoms with Gasteiger partial charge in [-0.25, -0.2) is 0 Å². The molecular formula is C15H29NO2S. The van der Waals surface area contributed by atoms with Gasteiger partial charge < -0.3 is 4.74 Å². The quantitative estimate of drug-likeness (QED) is 0.696. The Morgan fingerprint density at radius 2 is 1.89 bits per heavy atom. The minimum atomic E-state index is -0.489. The van der Waals surface area contributed by atoms with E-state index < -0.39 is 5.54 Å². The maximum atomic E-state index is 12.3. The predicted octanol–water partition coefficient (Wildman–Crippen LogP) is 3.08. The van der Waals surface area contributed by atoms with Gasteiger partial charge in [-0.15, -0.1) is 0 Å². The molecule has 0 radical (unpaired) electrons. The van der Waals surface area contributed by atoms with E-state index in [-0.39, 0.29) is 12.0 Å². The molecule has 19 heavy (non-hydrogen) atoms. The van der Waals surface area contributed by atoms with Crippen molar-refractivity contribution in [2.45, 2.75) is 64.3 Å². The first-order valence-corrected chi connectivity index (χ1v) is 8.36. The van der Waals surface area contributed by atoms with E-state index in [1.165, 1.54) is 7.11 Å². The predicted molar refractivity (Wildman–Crippen MR) is 82.5 cm³/mol. The van der Waals surface area contributed by atoms with Crippen LogP contribution in [0, 0.1) is 11.8 Å². The fourth-order valence-corrected chi connectivity index (χ4v) is 3.64. The Kier molecular flexibility index (Phi) is 6.18. The summed E-state index contributed by atoms with van der Waals surface area (Å²) in [5.41, 5.74) is -0.489. The molecule has 0 aromatic rings.